The number of hydrogen-bond acceptors (Lipinski definition) is 5. The van der Waals surface area contributed by atoms with Crippen LogP contribution in [0.25, 0.3) is 11.1 Å². The molecule has 0 aliphatic rings. The Kier molecular flexibility index (Phi) is 7.13. The number of nitrogens with zero attached hydrogens (tertiary/aromatic N) is 1. The summed E-state index contributed by atoms with van der Waals surface area (Å²) in [6.45, 7) is 2.40. The van der Waals surface area contributed by atoms with Gasteiger partial charge < -0.3 is 9.15 Å². The van der Waals surface area contributed by atoms with E-state index >= 15 is 0 Å². The molecular formula is C21H22ClN3O5. The highest BCUT2D eigenvalue weighted by Crippen LogP contribution is 2.21. The Hall–Kier alpha value is -3.26. The molecule has 0 spiro atoms. The number of halogens is 1. The summed E-state index contributed by atoms with van der Waals surface area (Å²) in [4.78, 5) is 35.7. The molecule has 0 radical (unpaired) electrons. The number of rotatable bonds is 8. The predicted octanol–water partition coefficient (Wildman–Crippen LogP) is 2.95. The molecule has 9 heteroatoms. The van der Waals surface area contributed by atoms with Crippen LogP contribution in [0, 0.1) is 6.92 Å². The average Bonchev–Trinajstić information content (AvgIpc) is 3.04. The van der Waals surface area contributed by atoms with Gasteiger partial charge in [-0.1, -0.05) is 23.7 Å². The van der Waals surface area contributed by atoms with Gasteiger partial charge in [0.2, 0.25) is 11.8 Å². The van der Waals surface area contributed by atoms with Crippen LogP contribution in [-0.4, -0.2) is 23.0 Å². The number of fused-ring (bicyclic) bond motifs is 1. The zero-order valence-electron chi connectivity index (χ0n) is 16.4. The first-order valence-electron chi connectivity index (χ1n) is 9.49. The minimum absolute atomic E-state index is 0.0165. The maximum atomic E-state index is 12.0. The van der Waals surface area contributed by atoms with Crippen LogP contribution < -0.4 is 21.3 Å². The molecule has 1 heterocycles. The molecule has 0 bridgehead atoms. The van der Waals surface area contributed by atoms with E-state index in [4.69, 9.17) is 20.8 Å². The summed E-state index contributed by atoms with van der Waals surface area (Å²) in [6, 6.07) is 12.3. The molecule has 0 atom stereocenters. The normalized spacial score (nSPS) is 10.7. The maximum absolute atomic E-state index is 12.0. The fourth-order valence-electron chi connectivity index (χ4n) is 2.89. The summed E-state index contributed by atoms with van der Waals surface area (Å²) < 4.78 is 12.1. The van der Waals surface area contributed by atoms with Crippen LogP contribution >= 0.6 is 11.6 Å². The van der Waals surface area contributed by atoms with Gasteiger partial charge in [-0.3, -0.25) is 25.0 Å². The third kappa shape index (κ3) is 5.64. The molecule has 3 rings (SSSR count). The Bertz CT molecular complexity index is 1110. The van der Waals surface area contributed by atoms with Crippen molar-refractivity contribution in [1.29, 1.82) is 0 Å². The summed E-state index contributed by atoms with van der Waals surface area (Å²) in [5, 5.41) is 0.640. The lowest BCUT2D eigenvalue weighted by atomic mass is 10.2. The van der Waals surface area contributed by atoms with Crippen molar-refractivity contribution in [2.45, 2.75) is 32.7 Å². The minimum atomic E-state index is -0.524. The molecule has 30 heavy (non-hydrogen) atoms. The number of hydrazine groups is 1. The van der Waals surface area contributed by atoms with E-state index in [0.717, 1.165) is 11.3 Å². The Balaban J connectivity index is 1.35. The monoisotopic (exact) mass is 431 g/mol. The van der Waals surface area contributed by atoms with Gasteiger partial charge in [-0.15, -0.1) is 0 Å². The molecule has 0 aliphatic heterocycles. The first-order chi connectivity index (χ1) is 14.4. The van der Waals surface area contributed by atoms with Crippen molar-refractivity contribution in [3.8, 4) is 5.75 Å². The van der Waals surface area contributed by atoms with E-state index in [1.165, 1.54) is 4.57 Å². The quantitative estimate of drug-likeness (QED) is 0.421. The first kappa shape index (κ1) is 21.4. The van der Waals surface area contributed by atoms with Gasteiger partial charge >= 0.3 is 5.76 Å². The van der Waals surface area contributed by atoms with Crippen LogP contribution in [0.5, 0.6) is 5.75 Å². The summed E-state index contributed by atoms with van der Waals surface area (Å²) >= 11 is 5.90. The highest BCUT2D eigenvalue weighted by molar-refractivity contribution is 6.30. The van der Waals surface area contributed by atoms with Crippen molar-refractivity contribution in [3.05, 3.63) is 63.6 Å². The standard InChI is InChI=1S/C21H22ClN3O5/c1-14-13-15(22)8-9-17(14)29-12-4-7-19(26)23-24-20(27)10-11-25-16-5-2-3-6-18(16)30-21(25)28/h2-3,5-6,8-9,13H,4,7,10-12H2,1H3,(H,23,26)(H,24,27). The lowest BCUT2D eigenvalue weighted by molar-refractivity contribution is -0.129. The van der Waals surface area contributed by atoms with Gasteiger partial charge in [0.1, 0.15) is 5.75 Å². The minimum Gasteiger partial charge on any atom is -0.493 e. The van der Waals surface area contributed by atoms with E-state index in [-0.39, 0.29) is 25.3 Å². The number of aromatic nitrogens is 1. The molecule has 2 amide bonds. The number of carbonyl (C=O) groups excluding carboxylic acids is 2. The van der Waals surface area contributed by atoms with Crippen molar-refractivity contribution < 1.29 is 18.7 Å². The molecule has 8 nitrogen and oxygen atoms in total. The van der Waals surface area contributed by atoms with Crippen molar-refractivity contribution in [2.75, 3.05) is 6.61 Å². The summed E-state index contributed by atoms with van der Waals surface area (Å²) in [6.07, 6.45) is 0.696. The molecule has 3 aromatic rings. The van der Waals surface area contributed by atoms with Crippen LogP contribution in [-0.2, 0) is 16.1 Å². The lowest BCUT2D eigenvalue weighted by Gasteiger charge is -2.10. The van der Waals surface area contributed by atoms with Crippen molar-refractivity contribution >= 4 is 34.5 Å². The number of ether oxygens (including phenoxy) is 1. The van der Waals surface area contributed by atoms with E-state index in [9.17, 15) is 14.4 Å². The van der Waals surface area contributed by atoms with Crippen molar-refractivity contribution in [3.63, 3.8) is 0 Å². The molecule has 0 saturated carbocycles. The Morgan fingerprint density at radius 2 is 1.83 bits per heavy atom. The van der Waals surface area contributed by atoms with Gasteiger partial charge in [-0.05, 0) is 49.2 Å². The number of carbonyl (C=O) groups is 2. The van der Waals surface area contributed by atoms with Crippen LogP contribution in [0.3, 0.4) is 0 Å². The van der Waals surface area contributed by atoms with E-state index in [1.54, 1.807) is 42.5 Å². The number of hydrogen-bond donors (Lipinski definition) is 2. The second-order valence-corrected chi connectivity index (χ2v) is 7.13. The molecule has 158 valence electrons. The largest absolute Gasteiger partial charge is 0.493 e. The fraction of sp³-hybridized carbons (Fsp3) is 0.286. The molecule has 0 unspecified atom stereocenters. The Morgan fingerprint density at radius 3 is 2.60 bits per heavy atom. The number of benzene rings is 2. The third-order valence-electron chi connectivity index (χ3n) is 4.42. The zero-order chi connectivity index (χ0) is 21.5. The molecule has 0 saturated heterocycles. The Morgan fingerprint density at radius 1 is 1.10 bits per heavy atom. The molecule has 1 aromatic heterocycles. The lowest BCUT2D eigenvalue weighted by Crippen LogP contribution is -2.42. The number of aryl methyl sites for hydroxylation is 2. The summed E-state index contributed by atoms with van der Waals surface area (Å²) in [7, 11) is 0. The van der Waals surface area contributed by atoms with Gasteiger partial charge in [0, 0.05) is 24.4 Å². The maximum Gasteiger partial charge on any atom is 0.419 e. The second kappa shape index (κ2) is 9.98. The van der Waals surface area contributed by atoms with Crippen molar-refractivity contribution in [2.24, 2.45) is 0 Å². The number of nitrogens with one attached hydrogen (secondary N) is 2. The molecule has 2 aromatic carbocycles. The van der Waals surface area contributed by atoms with Gasteiger partial charge in [0.15, 0.2) is 5.58 Å². The van der Waals surface area contributed by atoms with Crippen LogP contribution in [0.4, 0.5) is 0 Å². The van der Waals surface area contributed by atoms with Crippen molar-refractivity contribution in [1.82, 2.24) is 15.4 Å². The molecule has 0 aliphatic carbocycles. The number of amides is 2. The predicted molar refractivity (Wildman–Crippen MR) is 112 cm³/mol. The van der Waals surface area contributed by atoms with Gasteiger partial charge in [-0.2, -0.15) is 0 Å². The smallest absolute Gasteiger partial charge is 0.419 e. The summed E-state index contributed by atoms with van der Waals surface area (Å²) in [5.74, 6) is -0.543. The van der Waals surface area contributed by atoms with Crippen LogP contribution in [0.15, 0.2) is 51.7 Å². The van der Waals surface area contributed by atoms with E-state index in [1.807, 2.05) is 6.92 Å². The van der Waals surface area contributed by atoms with E-state index in [0.29, 0.717) is 29.2 Å². The van der Waals surface area contributed by atoms with Gasteiger partial charge in [-0.25, -0.2) is 4.79 Å². The Labute approximate surface area is 177 Å². The fourth-order valence-corrected chi connectivity index (χ4v) is 3.12. The molecular weight excluding hydrogens is 410 g/mol. The number of para-hydroxylation sites is 2. The van der Waals surface area contributed by atoms with E-state index in [2.05, 4.69) is 10.9 Å². The zero-order valence-corrected chi connectivity index (χ0v) is 17.2. The third-order valence-corrected chi connectivity index (χ3v) is 4.66. The molecule has 2 N–H and O–H groups in total. The average molecular weight is 432 g/mol. The topological polar surface area (TPSA) is 103 Å². The van der Waals surface area contributed by atoms with E-state index < -0.39 is 11.7 Å². The highest BCUT2D eigenvalue weighted by atomic mass is 35.5. The summed E-state index contributed by atoms with van der Waals surface area (Å²) in [5.41, 5.74) is 6.71. The SMILES string of the molecule is Cc1cc(Cl)ccc1OCCCC(=O)NNC(=O)CCn1c(=O)oc2ccccc21. The van der Waals surface area contributed by atoms with Gasteiger partial charge in [0.05, 0.1) is 12.1 Å². The highest BCUT2D eigenvalue weighted by Gasteiger charge is 2.11. The van der Waals surface area contributed by atoms with Crippen LogP contribution in [0.1, 0.15) is 24.8 Å². The van der Waals surface area contributed by atoms with Gasteiger partial charge in [0.25, 0.3) is 0 Å². The number of oxazole rings is 1. The second-order valence-electron chi connectivity index (χ2n) is 6.70. The van der Waals surface area contributed by atoms with Crippen LogP contribution in [0.2, 0.25) is 5.02 Å². The first-order valence-corrected chi connectivity index (χ1v) is 9.87. The molecule has 0 fully saturated rings.